The van der Waals surface area contributed by atoms with Crippen LogP contribution in [0.5, 0.6) is 0 Å². The summed E-state index contributed by atoms with van der Waals surface area (Å²) in [7, 11) is 0. The van der Waals surface area contributed by atoms with E-state index in [1.807, 2.05) is 67.2 Å². The summed E-state index contributed by atoms with van der Waals surface area (Å²) >= 11 is 0. The van der Waals surface area contributed by atoms with Gasteiger partial charge in [-0.25, -0.2) is 0 Å². The lowest BCUT2D eigenvalue weighted by Crippen LogP contribution is -2.40. The highest BCUT2D eigenvalue weighted by atomic mass is 16.2. The van der Waals surface area contributed by atoms with Crippen molar-refractivity contribution >= 4 is 23.2 Å². The van der Waals surface area contributed by atoms with Crippen LogP contribution in [0.4, 0.5) is 11.4 Å². The molecule has 6 heteroatoms. The van der Waals surface area contributed by atoms with Crippen LogP contribution in [0.2, 0.25) is 0 Å². The Morgan fingerprint density at radius 3 is 2.59 bits per heavy atom. The Labute approximate surface area is 170 Å². The van der Waals surface area contributed by atoms with Gasteiger partial charge in [-0.3, -0.25) is 14.3 Å². The number of aryl methyl sites for hydroxylation is 2. The standard InChI is InChI=1S/C23H24N4O2/c1-23(2)19-10-6-7-11-20(19)27(22(23)29)16-21(28)25-18-14-24-26(15-18)13-12-17-8-4-3-5-9-17/h3-11,14-15H,12-13,16H2,1-2H3,(H,25,28). The minimum atomic E-state index is -0.626. The maximum absolute atomic E-state index is 12.8. The molecule has 29 heavy (non-hydrogen) atoms. The number of fused-ring (bicyclic) bond motifs is 1. The molecular formula is C23H24N4O2. The molecule has 0 fully saturated rings. The molecule has 6 nitrogen and oxygen atoms in total. The van der Waals surface area contributed by atoms with Gasteiger partial charge in [-0.2, -0.15) is 5.10 Å². The number of aromatic nitrogens is 2. The van der Waals surface area contributed by atoms with Gasteiger partial charge < -0.3 is 10.2 Å². The van der Waals surface area contributed by atoms with Gasteiger partial charge in [0.15, 0.2) is 0 Å². The van der Waals surface area contributed by atoms with Crippen molar-refractivity contribution in [3.05, 3.63) is 78.1 Å². The van der Waals surface area contributed by atoms with E-state index in [9.17, 15) is 9.59 Å². The molecule has 0 unspecified atom stereocenters. The van der Waals surface area contributed by atoms with Crippen LogP contribution in [-0.4, -0.2) is 28.1 Å². The third-order valence-corrected chi connectivity index (χ3v) is 5.34. The summed E-state index contributed by atoms with van der Waals surface area (Å²) in [6.45, 7) is 4.49. The van der Waals surface area contributed by atoms with Crippen molar-refractivity contribution < 1.29 is 9.59 Å². The number of anilines is 2. The van der Waals surface area contributed by atoms with Crippen LogP contribution < -0.4 is 10.2 Å². The van der Waals surface area contributed by atoms with Crippen molar-refractivity contribution in [2.24, 2.45) is 0 Å². The van der Waals surface area contributed by atoms with E-state index < -0.39 is 5.41 Å². The number of hydrogen-bond acceptors (Lipinski definition) is 3. The Kier molecular flexibility index (Phi) is 4.92. The minimum Gasteiger partial charge on any atom is -0.322 e. The second-order valence-electron chi connectivity index (χ2n) is 7.81. The molecule has 2 aromatic carbocycles. The molecule has 0 saturated carbocycles. The zero-order valence-corrected chi connectivity index (χ0v) is 16.6. The van der Waals surface area contributed by atoms with Gasteiger partial charge in [0.25, 0.3) is 0 Å². The normalized spacial score (nSPS) is 14.7. The lowest BCUT2D eigenvalue weighted by atomic mass is 9.86. The number of carbonyl (C=O) groups excluding carboxylic acids is 2. The van der Waals surface area contributed by atoms with E-state index in [4.69, 9.17) is 0 Å². The number of nitrogens with one attached hydrogen (secondary N) is 1. The van der Waals surface area contributed by atoms with Crippen molar-refractivity contribution in [1.29, 1.82) is 0 Å². The zero-order valence-electron chi connectivity index (χ0n) is 16.6. The monoisotopic (exact) mass is 388 g/mol. The van der Waals surface area contributed by atoms with Gasteiger partial charge in [-0.1, -0.05) is 48.5 Å². The molecule has 2 heterocycles. The van der Waals surface area contributed by atoms with Crippen molar-refractivity contribution in [1.82, 2.24) is 9.78 Å². The fourth-order valence-electron chi connectivity index (χ4n) is 3.74. The van der Waals surface area contributed by atoms with Gasteiger partial charge >= 0.3 is 0 Å². The SMILES string of the molecule is CC1(C)C(=O)N(CC(=O)Nc2cnn(CCc3ccccc3)c2)c2ccccc21. The van der Waals surface area contributed by atoms with Crippen LogP contribution in [0.3, 0.4) is 0 Å². The van der Waals surface area contributed by atoms with E-state index in [-0.39, 0.29) is 18.4 Å². The number of benzene rings is 2. The second-order valence-corrected chi connectivity index (χ2v) is 7.81. The largest absolute Gasteiger partial charge is 0.322 e. The molecule has 0 radical (unpaired) electrons. The molecule has 3 aromatic rings. The molecule has 4 rings (SSSR count). The van der Waals surface area contributed by atoms with E-state index in [0.717, 1.165) is 24.2 Å². The summed E-state index contributed by atoms with van der Waals surface area (Å²) in [5, 5.41) is 7.16. The van der Waals surface area contributed by atoms with Gasteiger partial charge in [0.05, 0.1) is 17.3 Å². The summed E-state index contributed by atoms with van der Waals surface area (Å²) in [4.78, 5) is 27.0. The molecule has 2 amide bonds. The van der Waals surface area contributed by atoms with E-state index >= 15 is 0 Å². The highest BCUT2D eigenvalue weighted by molar-refractivity contribution is 6.11. The summed E-state index contributed by atoms with van der Waals surface area (Å²) < 4.78 is 1.81. The molecule has 1 N–H and O–H groups in total. The quantitative estimate of drug-likeness (QED) is 0.704. The molecular weight excluding hydrogens is 364 g/mol. The third kappa shape index (κ3) is 3.78. The molecule has 0 atom stereocenters. The van der Waals surface area contributed by atoms with Gasteiger partial charge in [-0.05, 0) is 37.5 Å². The highest BCUT2D eigenvalue weighted by Gasteiger charge is 2.44. The molecule has 0 aliphatic carbocycles. The molecule has 0 saturated heterocycles. The summed E-state index contributed by atoms with van der Waals surface area (Å²) in [5.74, 6) is -0.305. The van der Waals surface area contributed by atoms with Gasteiger partial charge in [-0.15, -0.1) is 0 Å². The van der Waals surface area contributed by atoms with E-state index in [1.165, 1.54) is 5.56 Å². The predicted octanol–water partition coefficient (Wildman–Crippen LogP) is 3.39. The zero-order chi connectivity index (χ0) is 20.4. The minimum absolute atomic E-state index is 0.0194. The number of para-hydroxylation sites is 1. The van der Waals surface area contributed by atoms with Crippen molar-refractivity contribution in [3.8, 4) is 0 Å². The maximum atomic E-state index is 12.8. The van der Waals surface area contributed by atoms with Crippen LogP contribution in [0.25, 0.3) is 0 Å². The second kappa shape index (κ2) is 7.54. The number of carbonyl (C=O) groups is 2. The maximum Gasteiger partial charge on any atom is 0.244 e. The molecule has 0 spiro atoms. The Morgan fingerprint density at radius 1 is 1.07 bits per heavy atom. The van der Waals surface area contributed by atoms with Crippen LogP contribution in [0, 0.1) is 0 Å². The van der Waals surface area contributed by atoms with Crippen molar-refractivity contribution in [2.75, 3.05) is 16.8 Å². The molecule has 1 aliphatic heterocycles. The smallest absolute Gasteiger partial charge is 0.244 e. The predicted molar refractivity (Wildman–Crippen MR) is 113 cm³/mol. The number of amides is 2. The summed E-state index contributed by atoms with van der Waals surface area (Å²) in [5.41, 5.74) is 2.99. The highest BCUT2D eigenvalue weighted by Crippen LogP contribution is 2.41. The summed E-state index contributed by atoms with van der Waals surface area (Å²) in [6.07, 6.45) is 4.31. The Balaban J connectivity index is 1.38. The first-order valence-corrected chi connectivity index (χ1v) is 9.73. The molecule has 1 aliphatic rings. The van der Waals surface area contributed by atoms with Crippen LogP contribution in [0.15, 0.2) is 67.0 Å². The number of rotatable bonds is 6. The lowest BCUT2D eigenvalue weighted by Gasteiger charge is -2.19. The average Bonchev–Trinajstić information content (AvgIpc) is 3.24. The molecule has 1 aromatic heterocycles. The first-order valence-electron chi connectivity index (χ1n) is 9.73. The fraction of sp³-hybridized carbons (Fsp3) is 0.261. The number of hydrogen-bond donors (Lipinski definition) is 1. The number of nitrogens with zero attached hydrogens (tertiary/aromatic N) is 3. The first kappa shape index (κ1) is 18.9. The van der Waals surface area contributed by atoms with Crippen molar-refractivity contribution in [2.45, 2.75) is 32.2 Å². The Morgan fingerprint density at radius 2 is 1.79 bits per heavy atom. The van der Waals surface area contributed by atoms with Gasteiger partial charge in [0.1, 0.15) is 6.54 Å². The third-order valence-electron chi connectivity index (χ3n) is 5.34. The molecule has 148 valence electrons. The van der Waals surface area contributed by atoms with E-state index in [2.05, 4.69) is 22.5 Å². The van der Waals surface area contributed by atoms with Gasteiger partial charge in [0.2, 0.25) is 11.8 Å². The van der Waals surface area contributed by atoms with Crippen LogP contribution in [0.1, 0.15) is 25.0 Å². The van der Waals surface area contributed by atoms with E-state index in [0.29, 0.717) is 5.69 Å². The van der Waals surface area contributed by atoms with Crippen LogP contribution >= 0.6 is 0 Å². The topological polar surface area (TPSA) is 67.2 Å². The van der Waals surface area contributed by atoms with Crippen molar-refractivity contribution in [3.63, 3.8) is 0 Å². The first-order chi connectivity index (χ1) is 13.9. The Hall–Kier alpha value is -3.41. The van der Waals surface area contributed by atoms with E-state index in [1.54, 1.807) is 11.1 Å². The lowest BCUT2D eigenvalue weighted by molar-refractivity contribution is -0.124. The molecule has 0 bridgehead atoms. The fourth-order valence-corrected chi connectivity index (χ4v) is 3.74. The summed E-state index contributed by atoms with van der Waals surface area (Å²) in [6, 6.07) is 17.8. The average molecular weight is 388 g/mol. The van der Waals surface area contributed by atoms with Gasteiger partial charge in [0, 0.05) is 18.4 Å². The van der Waals surface area contributed by atoms with Crippen LogP contribution in [-0.2, 0) is 28.0 Å². The Bertz CT molecular complexity index is 1040.